The highest BCUT2D eigenvalue weighted by atomic mass is 32.2. The molecular weight excluding hydrogens is 390 g/mol. The second kappa shape index (κ2) is 10.1. The van der Waals surface area contributed by atoms with Gasteiger partial charge in [0.25, 0.3) is 5.91 Å². The Morgan fingerprint density at radius 2 is 2.10 bits per heavy atom. The number of aromatic amines is 1. The highest BCUT2D eigenvalue weighted by molar-refractivity contribution is 8.13. The number of carbonyl (C=O) groups is 2. The third-order valence-electron chi connectivity index (χ3n) is 5.21. The number of methoxy groups -OCH3 is 1. The SMILES string of the molecule is COC(C)n1ncc2c1CCc1c(C(=O)NCCCCCCSC(C)=O)n[nH]c1-2. The van der Waals surface area contributed by atoms with Gasteiger partial charge in [0, 0.05) is 37.5 Å². The van der Waals surface area contributed by atoms with Crippen LogP contribution in [0.25, 0.3) is 11.3 Å². The second-order valence-corrected chi connectivity index (χ2v) is 8.49. The van der Waals surface area contributed by atoms with Crippen molar-refractivity contribution in [2.24, 2.45) is 0 Å². The average molecular weight is 420 g/mol. The minimum absolute atomic E-state index is 0.129. The summed E-state index contributed by atoms with van der Waals surface area (Å²) < 4.78 is 7.27. The third kappa shape index (κ3) is 5.08. The van der Waals surface area contributed by atoms with Gasteiger partial charge in [-0.25, -0.2) is 4.68 Å². The minimum Gasteiger partial charge on any atom is -0.360 e. The molecule has 3 rings (SSSR count). The molecular formula is C20H29N5O3S. The summed E-state index contributed by atoms with van der Waals surface area (Å²) in [4.78, 5) is 23.5. The van der Waals surface area contributed by atoms with E-state index in [1.54, 1.807) is 14.0 Å². The van der Waals surface area contributed by atoms with Crippen LogP contribution >= 0.6 is 11.8 Å². The molecule has 1 amide bonds. The fourth-order valence-electron chi connectivity index (χ4n) is 3.60. The minimum atomic E-state index is -0.132. The number of nitrogens with zero attached hydrogens (tertiary/aromatic N) is 3. The molecule has 9 heteroatoms. The molecule has 0 bridgehead atoms. The molecule has 158 valence electrons. The van der Waals surface area contributed by atoms with Crippen molar-refractivity contribution in [2.45, 2.75) is 58.6 Å². The summed E-state index contributed by atoms with van der Waals surface area (Å²) in [6, 6.07) is 0. The van der Waals surface area contributed by atoms with Gasteiger partial charge in [0.1, 0.15) is 6.23 Å². The number of rotatable bonds is 10. The lowest BCUT2D eigenvalue weighted by atomic mass is 9.93. The quantitative estimate of drug-likeness (QED) is 0.574. The number of hydrogen-bond acceptors (Lipinski definition) is 6. The molecule has 1 aliphatic carbocycles. The van der Waals surface area contributed by atoms with Crippen LogP contribution in [-0.2, 0) is 22.4 Å². The Balaban J connectivity index is 1.51. The summed E-state index contributed by atoms with van der Waals surface area (Å²) in [7, 11) is 1.66. The van der Waals surface area contributed by atoms with Gasteiger partial charge >= 0.3 is 0 Å². The predicted octanol–water partition coefficient (Wildman–Crippen LogP) is 3.11. The van der Waals surface area contributed by atoms with E-state index in [9.17, 15) is 9.59 Å². The molecule has 2 N–H and O–H groups in total. The number of nitrogens with one attached hydrogen (secondary N) is 2. The Bertz CT molecular complexity index is 860. The van der Waals surface area contributed by atoms with Crippen LogP contribution in [0.15, 0.2) is 6.20 Å². The van der Waals surface area contributed by atoms with Crippen molar-refractivity contribution in [3.8, 4) is 11.3 Å². The molecule has 1 aliphatic rings. The molecule has 1 atom stereocenters. The van der Waals surface area contributed by atoms with Crippen LogP contribution in [0.1, 0.15) is 67.5 Å². The number of H-pyrrole nitrogens is 1. The first kappa shape index (κ1) is 21.6. The predicted molar refractivity (Wildman–Crippen MR) is 113 cm³/mol. The molecule has 8 nitrogen and oxygen atoms in total. The highest BCUT2D eigenvalue weighted by Gasteiger charge is 2.28. The number of thioether (sulfide) groups is 1. The normalized spacial score (nSPS) is 13.6. The Labute approximate surface area is 175 Å². The van der Waals surface area contributed by atoms with E-state index in [0.717, 1.165) is 66.8 Å². The van der Waals surface area contributed by atoms with Crippen molar-refractivity contribution in [2.75, 3.05) is 19.4 Å². The van der Waals surface area contributed by atoms with Gasteiger partial charge in [0.15, 0.2) is 10.8 Å². The summed E-state index contributed by atoms with van der Waals surface area (Å²) in [6.07, 6.45) is 7.29. The first-order chi connectivity index (χ1) is 14.0. The molecule has 0 aliphatic heterocycles. The van der Waals surface area contributed by atoms with E-state index < -0.39 is 0 Å². The molecule has 0 fully saturated rings. The number of unbranched alkanes of at least 4 members (excludes halogenated alkanes) is 3. The first-order valence-corrected chi connectivity index (χ1v) is 11.1. The molecule has 0 aromatic carbocycles. The number of aromatic nitrogens is 4. The zero-order chi connectivity index (χ0) is 20.8. The molecule has 1 unspecified atom stereocenters. The van der Waals surface area contributed by atoms with Crippen molar-refractivity contribution in [3.63, 3.8) is 0 Å². The Morgan fingerprint density at radius 1 is 1.31 bits per heavy atom. The lowest BCUT2D eigenvalue weighted by Crippen LogP contribution is -2.26. The standard InChI is InChI=1S/C20H29N5O3S/c1-13(28-3)25-17-9-8-15-18(16(17)12-22-25)23-24-19(15)20(27)21-10-6-4-5-7-11-29-14(2)26/h12-13H,4-11H2,1-3H3,(H,21,27)(H,23,24). The summed E-state index contributed by atoms with van der Waals surface area (Å²) in [6.45, 7) is 4.19. The van der Waals surface area contributed by atoms with E-state index in [1.807, 2.05) is 17.8 Å². The maximum Gasteiger partial charge on any atom is 0.272 e. The topological polar surface area (TPSA) is 102 Å². The van der Waals surface area contributed by atoms with E-state index in [2.05, 4.69) is 20.6 Å². The van der Waals surface area contributed by atoms with Gasteiger partial charge in [-0.3, -0.25) is 14.7 Å². The van der Waals surface area contributed by atoms with Crippen LogP contribution < -0.4 is 5.32 Å². The van der Waals surface area contributed by atoms with Crippen LogP contribution in [0, 0.1) is 0 Å². The molecule has 0 saturated carbocycles. The second-order valence-electron chi connectivity index (χ2n) is 7.22. The van der Waals surface area contributed by atoms with Gasteiger partial charge in [-0.05, 0) is 32.6 Å². The zero-order valence-corrected chi connectivity index (χ0v) is 18.1. The van der Waals surface area contributed by atoms with E-state index in [1.165, 1.54) is 11.8 Å². The van der Waals surface area contributed by atoms with E-state index in [0.29, 0.717) is 12.2 Å². The highest BCUT2D eigenvalue weighted by Crippen LogP contribution is 2.34. The molecule has 2 aromatic rings. The smallest absolute Gasteiger partial charge is 0.272 e. The first-order valence-electron chi connectivity index (χ1n) is 10.1. The van der Waals surface area contributed by atoms with Gasteiger partial charge in [0.05, 0.1) is 17.6 Å². The van der Waals surface area contributed by atoms with E-state index in [4.69, 9.17) is 4.74 Å². The maximum atomic E-state index is 12.6. The Morgan fingerprint density at radius 3 is 2.86 bits per heavy atom. The Hall–Kier alpha value is -2.13. The number of hydrogen-bond donors (Lipinski definition) is 2. The fourth-order valence-corrected chi connectivity index (χ4v) is 4.24. The molecule has 2 heterocycles. The van der Waals surface area contributed by atoms with E-state index >= 15 is 0 Å². The maximum absolute atomic E-state index is 12.6. The van der Waals surface area contributed by atoms with Crippen LogP contribution in [-0.4, -0.2) is 50.4 Å². The van der Waals surface area contributed by atoms with Gasteiger partial charge in [0.2, 0.25) is 0 Å². The Kier molecular flexibility index (Phi) is 7.49. The van der Waals surface area contributed by atoms with Crippen molar-refractivity contribution < 1.29 is 14.3 Å². The number of amides is 1. The van der Waals surface area contributed by atoms with Crippen molar-refractivity contribution in [3.05, 3.63) is 23.1 Å². The fraction of sp³-hybridized carbons (Fsp3) is 0.600. The van der Waals surface area contributed by atoms with Gasteiger partial charge in [-0.15, -0.1) is 0 Å². The number of fused-ring (bicyclic) bond motifs is 3. The average Bonchev–Trinajstić information content (AvgIpc) is 3.32. The van der Waals surface area contributed by atoms with Crippen LogP contribution in [0.3, 0.4) is 0 Å². The van der Waals surface area contributed by atoms with E-state index in [-0.39, 0.29) is 17.3 Å². The molecule has 0 spiro atoms. The van der Waals surface area contributed by atoms with Crippen LogP contribution in [0.2, 0.25) is 0 Å². The van der Waals surface area contributed by atoms with Crippen LogP contribution in [0.5, 0.6) is 0 Å². The zero-order valence-electron chi connectivity index (χ0n) is 17.3. The summed E-state index contributed by atoms with van der Waals surface area (Å²) in [5.41, 5.74) is 4.42. The lowest BCUT2D eigenvalue weighted by molar-refractivity contribution is -0.109. The monoisotopic (exact) mass is 419 g/mol. The summed E-state index contributed by atoms with van der Waals surface area (Å²) >= 11 is 1.38. The van der Waals surface area contributed by atoms with Crippen molar-refractivity contribution in [1.29, 1.82) is 0 Å². The van der Waals surface area contributed by atoms with Crippen LogP contribution in [0.4, 0.5) is 0 Å². The van der Waals surface area contributed by atoms with Crippen molar-refractivity contribution >= 4 is 22.8 Å². The molecule has 0 radical (unpaired) electrons. The van der Waals surface area contributed by atoms with Gasteiger partial charge < -0.3 is 10.1 Å². The van der Waals surface area contributed by atoms with Gasteiger partial charge in [-0.1, -0.05) is 24.6 Å². The van der Waals surface area contributed by atoms with Crippen molar-refractivity contribution in [1.82, 2.24) is 25.3 Å². The van der Waals surface area contributed by atoms with Gasteiger partial charge in [-0.2, -0.15) is 10.2 Å². The molecule has 2 aromatic heterocycles. The third-order valence-corrected chi connectivity index (χ3v) is 6.11. The summed E-state index contributed by atoms with van der Waals surface area (Å²) in [5.74, 6) is 0.749. The molecule has 29 heavy (non-hydrogen) atoms. The lowest BCUT2D eigenvalue weighted by Gasteiger charge is -2.18. The largest absolute Gasteiger partial charge is 0.360 e. The molecule has 0 saturated heterocycles. The number of ether oxygens (including phenoxy) is 1. The summed E-state index contributed by atoms with van der Waals surface area (Å²) in [5, 5.41) is 14.9. The number of carbonyl (C=O) groups excluding carboxylic acids is 2.